The molecule has 0 radical (unpaired) electrons. The molecule has 1 unspecified atom stereocenters. The van der Waals surface area contributed by atoms with E-state index in [2.05, 4.69) is 12.2 Å². The van der Waals surface area contributed by atoms with E-state index in [4.69, 9.17) is 0 Å². The Labute approximate surface area is 115 Å². The second-order valence-electron chi connectivity index (χ2n) is 5.23. The van der Waals surface area contributed by atoms with E-state index >= 15 is 0 Å². The molecule has 2 rings (SSSR count). The van der Waals surface area contributed by atoms with Gasteiger partial charge in [-0.15, -0.1) is 0 Å². The summed E-state index contributed by atoms with van der Waals surface area (Å²) in [6.45, 7) is 4.10. The second kappa shape index (κ2) is 5.64. The Kier molecular flexibility index (Phi) is 4.32. The molecule has 0 bridgehead atoms. The fourth-order valence-corrected chi connectivity index (χ4v) is 4.20. The van der Waals surface area contributed by atoms with Gasteiger partial charge in [0.1, 0.15) is 4.90 Å². The van der Waals surface area contributed by atoms with Crippen molar-refractivity contribution in [3.63, 3.8) is 0 Å². The Hall–Kier alpha value is -0.850. The van der Waals surface area contributed by atoms with Gasteiger partial charge >= 0.3 is 0 Å². The molecule has 0 amide bonds. The summed E-state index contributed by atoms with van der Waals surface area (Å²) >= 11 is 0. The Bertz CT molecular complexity index is 536. The highest BCUT2D eigenvalue weighted by Crippen LogP contribution is 2.26. The predicted molar refractivity (Wildman–Crippen MR) is 75.3 cm³/mol. The van der Waals surface area contributed by atoms with Crippen LogP contribution in [0.2, 0.25) is 0 Å². The Morgan fingerprint density at radius 2 is 2.21 bits per heavy atom. The summed E-state index contributed by atoms with van der Waals surface area (Å²) in [5.74, 6) is 0.510. The van der Waals surface area contributed by atoms with Crippen LogP contribution in [0, 0.1) is 5.92 Å². The molecule has 1 aliphatic heterocycles. The smallest absolute Gasteiger partial charge is 0.244 e. The zero-order chi connectivity index (χ0) is 14.0. The average molecular weight is 285 g/mol. The summed E-state index contributed by atoms with van der Waals surface area (Å²) in [6.07, 6.45) is 3.74. The van der Waals surface area contributed by atoms with Crippen molar-refractivity contribution in [2.75, 3.05) is 20.1 Å². The van der Waals surface area contributed by atoms with E-state index in [1.807, 2.05) is 18.7 Å². The molecule has 0 saturated carbocycles. The summed E-state index contributed by atoms with van der Waals surface area (Å²) in [6, 6.07) is 1.77. The Morgan fingerprint density at radius 3 is 2.79 bits per heavy atom. The third-order valence-corrected chi connectivity index (χ3v) is 5.73. The van der Waals surface area contributed by atoms with E-state index in [1.54, 1.807) is 16.6 Å². The largest absolute Gasteiger partial charge is 0.352 e. The number of sulfonamides is 1. The normalized spacial score (nSPS) is 21.1. The zero-order valence-electron chi connectivity index (χ0n) is 11.9. The molecule has 0 spiro atoms. The van der Waals surface area contributed by atoms with Crippen LogP contribution in [0.3, 0.4) is 0 Å². The Balaban J connectivity index is 2.22. The first-order valence-corrected chi connectivity index (χ1v) is 8.23. The first-order valence-electron chi connectivity index (χ1n) is 6.79. The van der Waals surface area contributed by atoms with Gasteiger partial charge in [0.2, 0.25) is 10.0 Å². The van der Waals surface area contributed by atoms with Gasteiger partial charge in [0.15, 0.2) is 0 Å². The van der Waals surface area contributed by atoms with Crippen LogP contribution in [-0.4, -0.2) is 37.4 Å². The molecule has 6 heteroatoms. The van der Waals surface area contributed by atoms with E-state index in [0.29, 0.717) is 30.4 Å². The van der Waals surface area contributed by atoms with Gasteiger partial charge < -0.3 is 9.88 Å². The van der Waals surface area contributed by atoms with Gasteiger partial charge in [-0.2, -0.15) is 4.31 Å². The minimum absolute atomic E-state index is 0.414. The number of rotatable bonds is 5. The van der Waals surface area contributed by atoms with Crippen molar-refractivity contribution in [2.45, 2.75) is 31.2 Å². The summed E-state index contributed by atoms with van der Waals surface area (Å²) in [5.41, 5.74) is 0.979. The maximum atomic E-state index is 12.6. The molecule has 1 aliphatic rings. The maximum Gasteiger partial charge on any atom is 0.244 e. The number of nitrogens with zero attached hydrogens (tertiary/aromatic N) is 2. The molecular formula is C13H23N3O2S. The van der Waals surface area contributed by atoms with Crippen molar-refractivity contribution in [3.8, 4) is 0 Å². The maximum absolute atomic E-state index is 12.6. The van der Waals surface area contributed by atoms with Gasteiger partial charge in [-0.1, -0.05) is 13.3 Å². The lowest BCUT2D eigenvalue weighted by Crippen LogP contribution is -2.28. The van der Waals surface area contributed by atoms with E-state index < -0.39 is 10.0 Å². The summed E-state index contributed by atoms with van der Waals surface area (Å²) < 4.78 is 28.6. The number of nitrogens with one attached hydrogen (secondary N) is 1. The van der Waals surface area contributed by atoms with Crippen LogP contribution < -0.4 is 5.32 Å². The van der Waals surface area contributed by atoms with Crippen LogP contribution in [0.1, 0.15) is 25.5 Å². The zero-order valence-corrected chi connectivity index (χ0v) is 12.7. The highest BCUT2D eigenvalue weighted by atomic mass is 32.2. The Morgan fingerprint density at radius 1 is 1.47 bits per heavy atom. The predicted octanol–water partition coefficient (Wildman–Crippen LogP) is 1.17. The van der Waals surface area contributed by atoms with E-state index in [9.17, 15) is 8.42 Å². The summed E-state index contributed by atoms with van der Waals surface area (Å²) in [5, 5.41) is 3.05. The molecule has 0 aliphatic carbocycles. The van der Waals surface area contributed by atoms with Crippen molar-refractivity contribution in [3.05, 3.63) is 18.0 Å². The van der Waals surface area contributed by atoms with Crippen LogP contribution in [0.4, 0.5) is 0 Å². The average Bonchev–Trinajstić information content (AvgIpc) is 2.98. The lowest BCUT2D eigenvalue weighted by molar-refractivity contribution is 0.453. The van der Waals surface area contributed by atoms with Crippen LogP contribution in [0.15, 0.2) is 17.2 Å². The number of hydrogen-bond donors (Lipinski definition) is 1. The first kappa shape index (κ1) is 14.6. The van der Waals surface area contributed by atoms with Crippen molar-refractivity contribution in [2.24, 2.45) is 13.0 Å². The van der Waals surface area contributed by atoms with Crippen LogP contribution in [-0.2, 0) is 23.6 Å². The van der Waals surface area contributed by atoms with Crippen molar-refractivity contribution < 1.29 is 8.42 Å². The van der Waals surface area contributed by atoms with Gasteiger partial charge in [0, 0.05) is 38.6 Å². The van der Waals surface area contributed by atoms with Crippen LogP contribution in [0.5, 0.6) is 0 Å². The van der Waals surface area contributed by atoms with Gasteiger partial charge in [-0.25, -0.2) is 8.42 Å². The SMILES string of the molecule is CCC1CCN(S(=O)(=O)c2cc(CNC)n(C)c2)C1. The highest BCUT2D eigenvalue weighted by molar-refractivity contribution is 7.89. The number of hydrogen-bond acceptors (Lipinski definition) is 3. The molecule has 1 atom stereocenters. The lowest BCUT2D eigenvalue weighted by atomic mass is 10.1. The second-order valence-corrected chi connectivity index (χ2v) is 7.17. The summed E-state index contributed by atoms with van der Waals surface area (Å²) in [7, 11) is 0.417. The fourth-order valence-electron chi connectivity index (χ4n) is 2.57. The quantitative estimate of drug-likeness (QED) is 0.883. The van der Waals surface area contributed by atoms with Gasteiger partial charge in [0.05, 0.1) is 0 Å². The van der Waals surface area contributed by atoms with Gasteiger partial charge in [0.25, 0.3) is 0 Å². The molecule has 5 nitrogen and oxygen atoms in total. The van der Waals surface area contributed by atoms with E-state index in [0.717, 1.165) is 18.5 Å². The molecule has 1 fully saturated rings. The van der Waals surface area contributed by atoms with Crippen molar-refractivity contribution >= 4 is 10.0 Å². The standard InChI is InChI=1S/C13H23N3O2S/c1-4-11-5-6-16(9-11)19(17,18)13-7-12(8-14-2)15(3)10-13/h7,10-11,14H,4-6,8-9H2,1-3H3. The molecule has 1 aromatic heterocycles. The molecular weight excluding hydrogens is 262 g/mol. The van der Waals surface area contributed by atoms with Gasteiger partial charge in [-0.05, 0) is 25.5 Å². The van der Waals surface area contributed by atoms with Gasteiger partial charge in [-0.3, -0.25) is 0 Å². The monoisotopic (exact) mass is 285 g/mol. The van der Waals surface area contributed by atoms with E-state index in [-0.39, 0.29) is 0 Å². The van der Waals surface area contributed by atoms with Crippen LogP contribution in [0.25, 0.3) is 0 Å². The fraction of sp³-hybridized carbons (Fsp3) is 0.692. The molecule has 19 heavy (non-hydrogen) atoms. The minimum atomic E-state index is -3.32. The van der Waals surface area contributed by atoms with Crippen LogP contribution >= 0.6 is 0 Å². The number of aryl methyl sites for hydroxylation is 1. The third-order valence-electron chi connectivity index (χ3n) is 3.90. The molecule has 0 aromatic carbocycles. The lowest BCUT2D eigenvalue weighted by Gasteiger charge is -2.15. The first-order chi connectivity index (χ1) is 8.98. The van der Waals surface area contributed by atoms with E-state index in [1.165, 1.54) is 0 Å². The van der Waals surface area contributed by atoms with Crippen molar-refractivity contribution in [1.82, 2.24) is 14.2 Å². The minimum Gasteiger partial charge on any atom is -0.352 e. The van der Waals surface area contributed by atoms with Crippen molar-refractivity contribution in [1.29, 1.82) is 0 Å². The number of aromatic nitrogens is 1. The molecule has 2 heterocycles. The third kappa shape index (κ3) is 2.85. The highest BCUT2D eigenvalue weighted by Gasteiger charge is 2.32. The summed E-state index contributed by atoms with van der Waals surface area (Å²) in [4.78, 5) is 0.414. The topological polar surface area (TPSA) is 54.3 Å². The molecule has 108 valence electrons. The molecule has 1 N–H and O–H groups in total. The molecule has 1 aromatic rings. The molecule has 1 saturated heterocycles.